The van der Waals surface area contributed by atoms with Crippen LogP contribution in [0.2, 0.25) is 0 Å². The summed E-state index contributed by atoms with van der Waals surface area (Å²) < 4.78 is 0. The minimum absolute atomic E-state index is 0.673. The molecule has 0 unspecified atom stereocenters. The molecule has 3 nitrogen and oxygen atoms in total. The van der Waals surface area contributed by atoms with Crippen LogP contribution in [0.15, 0.2) is 11.6 Å². The lowest BCUT2D eigenvalue weighted by Gasteiger charge is -2.34. The molecule has 1 aliphatic heterocycles. The van der Waals surface area contributed by atoms with E-state index in [-0.39, 0.29) is 0 Å². The van der Waals surface area contributed by atoms with Crippen molar-refractivity contribution in [2.45, 2.75) is 38.5 Å². The molecule has 0 spiro atoms. The summed E-state index contributed by atoms with van der Waals surface area (Å²) >= 11 is 0. The van der Waals surface area contributed by atoms with Gasteiger partial charge in [0.2, 0.25) is 0 Å². The first-order valence-corrected chi connectivity index (χ1v) is 7.38. The van der Waals surface area contributed by atoms with Gasteiger partial charge in [0.15, 0.2) is 0 Å². The van der Waals surface area contributed by atoms with Gasteiger partial charge in [-0.05, 0) is 32.1 Å². The third kappa shape index (κ3) is 4.44. The molecule has 1 fully saturated rings. The van der Waals surface area contributed by atoms with Crippen molar-refractivity contribution in [3.05, 3.63) is 11.6 Å². The maximum Gasteiger partial charge on any atom is 0.0635 e. The molecule has 2 aliphatic rings. The lowest BCUT2D eigenvalue weighted by molar-refractivity contribution is 0.135. The molecule has 0 N–H and O–H groups in total. The molecule has 0 amide bonds. The molecule has 0 saturated carbocycles. The van der Waals surface area contributed by atoms with Crippen molar-refractivity contribution in [3.8, 4) is 6.07 Å². The third-order valence-electron chi connectivity index (χ3n) is 4.14. The van der Waals surface area contributed by atoms with Gasteiger partial charge in [-0.1, -0.05) is 11.6 Å². The van der Waals surface area contributed by atoms with E-state index in [1.807, 2.05) is 0 Å². The van der Waals surface area contributed by atoms with E-state index in [4.69, 9.17) is 5.26 Å². The van der Waals surface area contributed by atoms with Crippen LogP contribution in [-0.2, 0) is 0 Å². The number of nitriles is 1. The third-order valence-corrected chi connectivity index (χ3v) is 4.14. The Morgan fingerprint density at radius 2 is 1.78 bits per heavy atom. The van der Waals surface area contributed by atoms with E-state index in [1.54, 1.807) is 5.57 Å². The summed E-state index contributed by atoms with van der Waals surface area (Å²) in [6, 6.07) is 2.23. The Morgan fingerprint density at radius 3 is 2.39 bits per heavy atom. The number of allylic oxidation sites excluding steroid dienone is 1. The summed E-state index contributed by atoms with van der Waals surface area (Å²) in [5.41, 5.74) is 1.69. The summed E-state index contributed by atoms with van der Waals surface area (Å²) in [4.78, 5) is 5.00. The first kappa shape index (κ1) is 13.6. The maximum atomic E-state index is 8.58. The van der Waals surface area contributed by atoms with Crippen molar-refractivity contribution in [1.29, 1.82) is 5.26 Å². The molecule has 1 saturated heterocycles. The van der Waals surface area contributed by atoms with Crippen molar-refractivity contribution in [2.75, 3.05) is 39.3 Å². The van der Waals surface area contributed by atoms with Gasteiger partial charge in [-0.2, -0.15) is 5.26 Å². The van der Waals surface area contributed by atoms with E-state index in [9.17, 15) is 0 Å². The minimum atomic E-state index is 0.673. The molecule has 0 aromatic heterocycles. The lowest BCUT2D eigenvalue weighted by atomic mass is 9.97. The van der Waals surface area contributed by atoms with Crippen LogP contribution in [-0.4, -0.2) is 49.1 Å². The number of hydrogen-bond donors (Lipinski definition) is 0. The van der Waals surface area contributed by atoms with E-state index in [0.29, 0.717) is 6.42 Å². The second-order valence-corrected chi connectivity index (χ2v) is 5.45. The van der Waals surface area contributed by atoms with Crippen LogP contribution in [0.1, 0.15) is 38.5 Å². The van der Waals surface area contributed by atoms with Crippen LogP contribution in [0.5, 0.6) is 0 Å². The standard InChI is InChI=1S/C15H25N3/c16-8-4-9-17-11-13-18(14-12-17)10-7-15-5-2-1-3-6-15/h5H,1-4,6-7,9-14H2. The van der Waals surface area contributed by atoms with E-state index in [0.717, 1.165) is 19.6 Å². The smallest absolute Gasteiger partial charge is 0.0635 e. The van der Waals surface area contributed by atoms with E-state index >= 15 is 0 Å². The highest BCUT2D eigenvalue weighted by atomic mass is 15.3. The van der Waals surface area contributed by atoms with Crippen LogP contribution < -0.4 is 0 Å². The molecule has 1 heterocycles. The van der Waals surface area contributed by atoms with Crippen molar-refractivity contribution < 1.29 is 0 Å². The van der Waals surface area contributed by atoms with Crippen molar-refractivity contribution >= 4 is 0 Å². The SMILES string of the molecule is N#CCCN1CCN(CCC2=CCCCC2)CC1. The molecular formula is C15H25N3. The van der Waals surface area contributed by atoms with Gasteiger partial charge < -0.3 is 4.90 Å². The first-order chi connectivity index (χ1) is 8.88. The molecule has 0 radical (unpaired) electrons. The monoisotopic (exact) mass is 247 g/mol. The normalized spacial score (nSPS) is 22.5. The van der Waals surface area contributed by atoms with Gasteiger partial charge in [0.05, 0.1) is 6.07 Å². The first-order valence-electron chi connectivity index (χ1n) is 7.38. The Balaban J connectivity index is 1.61. The quantitative estimate of drug-likeness (QED) is 0.699. The summed E-state index contributed by atoms with van der Waals surface area (Å²) in [5, 5.41) is 8.58. The molecule has 0 bridgehead atoms. The van der Waals surface area contributed by atoms with Crippen molar-refractivity contribution in [3.63, 3.8) is 0 Å². The zero-order valence-corrected chi connectivity index (χ0v) is 11.4. The highest BCUT2D eigenvalue weighted by Gasteiger charge is 2.16. The Kier molecular flexibility index (Phi) is 5.70. The van der Waals surface area contributed by atoms with Crippen molar-refractivity contribution in [1.82, 2.24) is 9.80 Å². The highest BCUT2D eigenvalue weighted by molar-refractivity contribution is 5.05. The number of rotatable bonds is 5. The molecule has 0 aromatic carbocycles. The van der Waals surface area contributed by atoms with Crippen LogP contribution in [0.25, 0.3) is 0 Å². The highest BCUT2D eigenvalue weighted by Crippen LogP contribution is 2.20. The van der Waals surface area contributed by atoms with Crippen molar-refractivity contribution in [2.24, 2.45) is 0 Å². The number of nitrogens with zero attached hydrogens (tertiary/aromatic N) is 3. The number of hydrogen-bond acceptors (Lipinski definition) is 3. The summed E-state index contributed by atoms with van der Waals surface area (Å²) in [6.45, 7) is 6.83. The maximum absolute atomic E-state index is 8.58. The molecule has 1 aliphatic carbocycles. The van der Waals surface area contributed by atoms with Gasteiger partial charge in [0.1, 0.15) is 0 Å². The second-order valence-electron chi connectivity index (χ2n) is 5.45. The van der Waals surface area contributed by atoms with Gasteiger partial charge in [0.25, 0.3) is 0 Å². The van der Waals surface area contributed by atoms with E-state index in [2.05, 4.69) is 21.9 Å². The molecule has 100 valence electrons. The zero-order chi connectivity index (χ0) is 12.6. The zero-order valence-electron chi connectivity index (χ0n) is 11.4. The minimum Gasteiger partial charge on any atom is -0.300 e. The van der Waals surface area contributed by atoms with E-state index < -0.39 is 0 Å². The molecule has 0 atom stereocenters. The molecular weight excluding hydrogens is 222 g/mol. The van der Waals surface area contributed by atoms with Crippen LogP contribution in [0, 0.1) is 11.3 Å². The summed E-state index contributed by atoms with van der Waals surface area (Å²) in [5.74, 6) is 0. The Labute approximate surface area is 111 Å². The summed E-state index contributed by atoms with van der Waals surface area (Å²) in [7, 11) is 0. The predicted octanol–water partition coefficient (Wildman–Crippen LogP) is 2.41. The van der Waals surface area contributed by atoms with Gasteiger partial charge in [-0.25, -0.2) is 0 Å². The van der Waals surface area contributed by atoms with Gasteiger partial charge in [0, 0.05) is 45.7 Å². The van der Waals surface area contributed by atoms with Gasteiger partial charge in [-0.15, -0.1) is 0 Å². The number of piperazine rings is 1. The molecule has 2 rings (SSSR count). The molecule has 3 heteroatoms. The van der Waals surface area contributed by atoms with Crippen LogP contribution in [0.3, 0.4) is 0 Å². The topological polar surface area (TPSA) is 30.3 Å². The van der Waals surface area contributed by atoms with Crippen LogP contribution >= 0.6 is 0 Å². The fourth-order valence-electron chi connectivity index (χ4n) is 2.88. The average Bonchev–Trinajstić information content (AvgIpc) is 2.45. The largest absolute Gasteiger partial charge is 0.300 e. The fraction of sp³-hybridized carbons (Fsp3) is 0.800. The van der Waals surface area contributed by atoms with Gasteiger partial charge >= 0.3 is 0 Å². The fourth-order valence-corrected chi connectivity index (χ4v) is 2.88. The van der Waals surface area contributed by atoms with Crippen LogP contribution in [0.4, 0.5) is 0 Å². The average molecular weight is 247 g/mol. The Bertz CT molecular complexity index is 308. The lowest BCUT2D eigenvalue weighted by Crippen LogP contribution is -2.46. The molecule has 18 heavy (non-hydrogen) atoms. The Morgan fingerprint density at radius 1 is 1.06 bits per heavy atom. The van der Waals surface area contributed by atoms with E-state index in [1.165, 1.54) is 51.7 Å². The van der Waals surface area contributed by atoms with Gasteiger partial charge in [-0.3, -0.25) is 4.90 Å². The second kappa shape index (κ2) is 7.56. The molecule has 0 aromatic rings. The summed E-state index contributed by atoms with van der Waals surface area (Å²) in [6.07, 6.45) is 9.84. The Hall–Kier alpha value is -0.850. The predicted molar refractivity (Wildman–Crippen MR) is 74.3 cm³/mol.